The number of halogens is 1. The van der Waals surface area contributed by atoms with Crippen molar-refractivity contribution in [2.75, 3.05) is 19.6 Å². The number of hydrogen-bond acceptors (Lipinski definition) is 6. The van der Waals surface area contributed by atoms with E-state index in [0.717, 1.165) is 12.8 Å². The van der Waals surface area contributed by atoms with Crippen LogP contribution in [0.25, 0.3) is 0 Å². The lowest BCUT2D eigenvalue weighted by Crippen LogP contribution is -2.42. The summed E-state index contributed by atoms with van der Waals surface area (Å²) >= 11 is 7.12. The number of amides is 2. The molecule has 27 heavy (non-hydrogen) atoms. The predicted octanol–water partition coefficient (Wildman–Crippen LogP) is 3.45. The van der Waals surface area contributed by atoms with Crippen LogP contribution >= 0.6 is 22.9 Å². The molecule has 0 bridgehead atoms. The van der Waals surface area contributed by atoms with Crippen LogP contribution in [-0.4, -0.2) is 46.5 Å². The highest BCUT2D eigenvalue weighted by molar-refractivity contribution is 7.17. The van der Waals surface area contributed by atoms with Crippen molar-refractivity contribution in [3.63, 3.8) is 0 Å². The second kappa shape index (κ2) is 8.67. The van der Waals surface area contributed by atoms with Crippen molar-refractivity contribution < 1.29 is 14.3 Å². The van der Waals surface area contributed by atoms with Gasteiger partial charge in [-0.15, -0.1) is 11.3 Å². The molecule has 0 spiro atoms. The van der Waals surface area contributed by atoms with Crippen LogP contribution in [0.5, 0.6) is 5.75 Å². The van der Waals surface area contributed by atoms with Crippen molar-refractivity contribution in [2.24, 2.45) is 5.92 Å². The maximum Gasteiger partial charge on any atom is 0.415 e. The molecule has 1 N–H and O–H groups in total. The summed E-state index contributed by atoms with van der Waals surface area (Å²) in [5.74, 6) is 0.646. The number of thiophene rings is 1. The summed E-state index contributed by atoms with van der Waals surface area (Å²) in [5.41, 5.74) is 1.28. The molecule has 144 valence electrons. The van der Waals surface area contributed by atoms with Crippen molar-refractivity contribution in [3.8, 4) is 5.75 Å². The van der Waals surface area contributed by atoms with Gasteiger partial charge in [-0.3, -0.25) is 4.79 Å². The summed E-state index contributed by atoms with van der Waals surface area (Å²) in [6, 6.07) is 3.44. The topological polar surface area (TPSA) is 84.4 Å². The molecule has 0 radical (unpaired) electrons. The Hall–Kier alpha value is -2.19. The number of likely N-dealkylation sites (tertiary alicyclic amines) is 1. The van der Waals surface area contributed by atoms with E-state index in [1.165, 1.54) is 17.7 Å². The SMILES string of the molecule is Cc1ncnc(C)c1OC(=O)N1CCC(CNC(=O)c2ccc(Cl)s2)CC1. The molecule has 0 atom stereocenters. The van der Waals surface area contributed by atoms with Crippen LogP contribution in [-0.2, 0) is 0 Å². The van der Waals surface area contributed by atoms with Gasteiger partial charge in [-0.25, -0.2) is 14.8 Å². The molecular formula is C18H21ClN4O3S. The standard InChI is InChI=1S/C18H21ClN4O3S/c1-11-16(12(2)22-10-21-11)26-18(25)23-7-5-13(6-8-23)9-20-17(24)14-3-4-15(19)27-14/h3-4,10,13H,5-9H2,1-2H3,(H,20,24). The van der Waals surface area contributed by atoms with Gasteiger partial charge < -0.3 is 15.0 Å². The van der Waals surface area contributed by atoms with E-state index < -0.39 is 0 Å². The molecule has 7 nitrogen and oxygen atoms in total. The third-order valence-electron chi connectivity index (χ3n) is 4.57. The second-order valence-corrected chi connectivity index (χ2v) is 8.20. The van der Waals surface area contributed by atoms with E-state index in [4.69, 9.17) is 16.3 Å². The molecule has 0 saturated carbocycles. The zero-order chi connectivity index (χ0) is 19.4. The maximum absolute atomic E-state index is 12.4. The summed E-state index contributed by atoms with van der Waals surface area (Å²) < 4.78 is 6.09. The van der Waals surface area contributed by atoms with Gasteiger partial charge in [0.05, 0.1) is 20.6 Å². The van der Waals surface area contributed by atoms with Crippen LogP contribution in [0.15, 0.2) is 18.5 Å². The van der Waals surface area contributed by atoms with Crippen LogP contribution in [0.2, 0.25) is 4.34 Å². The smallest absolute Gasteiger partial charge is 0.406 e. The average Bonchev–Trinajstić information content (AvgIpc) is 3.09. The Bertz CT molecular complexity index is 814. The number of hydrogen-bond donors (Lipinski definition) is 1. The molecule has 9 heteroatoms. The van der Waals surface area contributed by atoms with Gasteiger partial charge in [-0.2, -0.15) is 0 Å². The monoisotopic (exact) mass is 408 g/mol. The molecule has 1 saturated heterocycles. The third kappa shape index (κ3) is 4.95. The fourth-order valence-electron chi connectivity index (χ4n) is 2.96. The van der Waals surface area contributed by atoms with Gasteiger partial charge in [0.1, 0.15) is 6.33 Å². The van der Waals surface area contributed by atoms with E-state index in [9.17, 15) is 9.59 Å². The maximum atomic E-state index is 12.4. The van der Waals surface area contributed by atoms with E-state index in [2.05, 4.69) is 15.3 Å². The summed E-state index contributed by atoms with van der Waals surface area (Å²) in [4.78, 5) is 34.9. The number of aromatic nitrogens is 2. The van der Waals surface area contributed by atoms with Crippen molar-refractivity contribution in [2.45, 2.75) is 26.7 Å². The van der Waals surface area contributed by atoms with Gasteiger partial charge in [0.2, 0.25) is 0 Å². The number of piperidine rings is 1. The van der Waals surface area contributed by atoms with E-state index in [-0.39, 0.29) is 12.0 Å². The van der Waals surface area contributed by atoms with Crippen LogP contribution in [0.1, 0.15) is 33.9 Å². The molecule has 2 aromatic heterocycles. The molecule has 2 aromatic rings. The quantitative estimate of drug-likeness (QED) is 0.837. The zero-order valence-electron chi connectivity index (χ0n) is 15.2. The lowest BCUT2D eigenvalue weighted by molar-refractivity contribution is 0.0935. The fourth-order valence-corrected chi connectivity index (χ4v) is 3.92. The number of nitrogens with zero attached hydrogens (tertiary/aromatic N) is 3. The number of carbonyl (C=O) groups excluding carboxylic acids is 2. The van der Waals surface area contributed by atoms with Gasteiger partial charge in [-0.1, -0.05) is 11.6 Å². The van der Waals surface area contributed by atoms with E-state index in [0.29, 0.717) is 51.9 Å². The largest absolute Gasteiger partial charge is 0.415 e. The van der Waals surface area contributed by atoms with Crippen molar-refractivity contribution in [1.82, 2.24) is 20.2 Å². The first-order chi connectivity index (χ1) is 12.9. The zero-order valence-corrected chi connectivity index (χ0v) is 16.8. The minimum atomic E-state index is -0.383. The van der Waals surface area contributed by atoms with Crippen LogP contribution < -0.4 is 10.1 Å². The highest BCUT2D eigenvalue weighted by Gasteiger charge is 2.25. The first-order valence-corrected chi connectivity index (χ1v) is 9.92. The molecule has 1 fully saturated rings. The Morgan fingerprint density at radius 1 is 1.26 bits per heavy atom. The molecule has 0 unspecified atom stereocenters. The van der Waals surface area contributed by atoms with Gasteiger partial charge in [0.15, 0.2) is 5.75 Å². The fraction of sp³-hybridized carbons (Fsp3) is 0.444. The number of carbonyl (C=O) groups is 2. The van der Waals surface area contributed by atoms with E-state index >= 15 is 0 Å². The van der Waals surface area contributed by atoms with Crippen LogP contribution in [0.3, 0.4) is 0 Å². The molecule has 3 heterocycles. The Morgan fingerprint density at radius 3 is 2.52 bits per heavy atom. The lowest BCUT2D eigenvalue weighted by atomic mass is 9.97. The number of rotatable bonds is 4. The van der Waals surface area contributed by atoms with Gasteiger partial charge >= 0.3 is 6.09 Å². The lowest BCUT2D eigenvalue weighted by Gasteiger charge is -2.31. The molecule has 1 aliphatic heterocycles. The molecule has 0 aliphatic carbocycles. The molecule has 3 rings (SSSR count). The Kier molecular flexibility index (Phi) is 6.28. The average molecular weight is 409 g/mol. The van der Waals surface area contributed by atoms with Crippen molar-refractivity contribution >= 4 is 34.9 Å². The summed E-state index contributed by atoms with van der Waals surface area (Å²) in [5, 5.41) is 2.94. The predicted molar refractivity (Wildman–Crippen MR) is 103 cm³/mol. The van der Waals surface area contributed by atoms with Gasteiger partial charge in [-0.05, 0) is 44.7 Å². The number of ether oxygens (including phenoxy) is 1. The minimum Gasteiger partial charge on any atom is -0.406 e. The van der Waals surface area contributed by atoms with Crippen molar-refractivity contribution in [3.05, 3.63) is 39.1 Å². The minimum absolute atomic E-state index is 0.108. The molecular weight excluding hydrogens is 388 g/mol. The normalized spacial score (nSPS) is 14.9. The first-order valence-electron chi connectivity index (χ1n) is 8.72. The van der Waals surface area contributed by atoms with Crippen LogP contribution in [0.4, 0.5) is 4.79 Å². The highest BCUT2D eigenvalue weighted by atomic mass is 35.5. The van der Waals surface area contributed by atoms with Gasteiger partial charge in [0.25, 0.3) is 5.91 Å². The van der Waals surface area contributed by atoms with Crippen molar-refractivity contribution in [1.29, 1.82) is 0 Å². The summed E-state index contributed by atoms with van der Waals surface area (Å²) in [6.45, 7) is 5.34. The summed E-state index contributed by atoms with van der Waals surface area (Å²) in [6.07, 6.45) is 2.69. The Labute approximate surface area is 166 Å². The van der Waals surface area contributed by atoms with Crippen LogP contribution in [0, 0.1) is 19.8 Å². The van der Waals surface area contributed by atoms with E-state index in [1.54, 1.807) is 30.9 Å². The summed E-state index contributed by atoms with van der Waals surface area (Å²) in [7, 11) is 0. The molecule has 1 aliphatic rings. The molecule has 0 aromatic carbocycles. The highest BCUT2D eigenvalue weighted by Crippen LogP contribution is 2.23. The second-order valence-electron chi connectivity index (χ2n) is 6.49. The Balaban J connectivity index is 1.46. The first kappa shape index (κ1) is 19.6. The van der Waals surface area contributed by atoms with E-state index in [1.807, 2.05) is 0 Å². The third-order valence-corrected chi connectivity index (χ3v) is 5.80. The number of nitrogens with one attached hydrogen (secondary N) is 1. The van der Waals surface area contributed by atoms with Gasteiger partial charge in [0, 0.05) is 19.6 Å². The number of aryl methyl sites for hydroxylation is 2. The Morgan fingerprint density at radius 2 is 1.93 bits per heavy atom. The molecule has 2 amide bonds.